The van der Waals surface area contributed by atoms with Crippen molar-refractivity contribution in [2.24, 2.45) is 5.92 Å². The number of aromatic nitrogens is 2. The van der Waals surface area contributed by atoms with E-state index in [0.717, 1.165) is 12.0 Å². The maximum absolute atomic E-state index is 11.8. The quantitative estimate of drug-likeness (QED) is 0.868. The first-order chi connectivity index (χ1) is 9.38. The fourth-order valence-electron chi connectivity index (χ4n) is 2.08. The van der Waals surface area contributed by atoms with Gasteiger partial charge in [-0.1, -0.05) is 38.1 Å². The molecule has 0 unspecified atom stereocenters. The van der Waals surface area contributed by atoms with E-state index in [4.69, 9.17) is 0 Å². The zero-order valence-electron chi connectivity index (χ0n) is 11.9. The summed E-state index contributed by atoms with van der Waals surface area (Å²) in [6.45, 7) is 4.33. The van der Waals surface area contributed by atoms with Crippen LogP contribution in [0.2, 0.25) is 0 Å². The van der Waals surface area contributed by atoms with Crippen LogP contribution < -0.4 is 0 Å². The molecule has 0 aliphatic heterocycles. The minimum atomic E-state index is -3.34. The third-order valence-corrected chi connectivity index (χ3v) is 4.05. The average Bonchev–Trinajstić information content (AvgIpc) is 2.38. The third kappa shape index (κ3) is 3.42. The Bertz CT molecular complexity index is 692. The van der Waals surface area contributed by atoms with E-state index in [9.17, 15) is 8.42 Å². The first-order valence-corrected chi connectivity index (χ1v) is 8.36. The Morgan fingerprint density at radius 1 is 1.15 bits per heavy atom. The molecule has 0 saturated carbocycles. The Kier molecular flexibility index (Phi) is 4.18. The van der Waals surface area contributed by atoms with E-state index in [-0.39, 0.29) is 4.90 Å². The summed E-state index contributed by atoms with van der Waals surface area (Å²) in [6.07, 6.45) is 4.89. The van der Waals surface area contributed by atoms with E-state index >= 15 is 0 Å². The van der Waals surface area contributed by atoms with Crippen LogP contribution in [0.25, 0.3) is 11.3 Å². The first-order valence-electron chi connectivity index (χ1n) is 6.47. The molecule has 0 aliphatic rings. The Labute approximate surface area is 119 Å². The molecule has 0 fully saturated rings. The SMILES string of the molecule is CC(C)Cc1ccc(-c2ncncc2S(C)(=O)=O)cc1. The molecule has 0 aliphatic carbocycles. The topological polar surface area (TPSA) is 59.9 Å². The van der Waals surface area contributed by atoms with Gasteiger partial charge in [0.1, 0.15) is 11.2 Å². The lowest BCUT2D eigenvalue weighted by atomic mass is 10.0. The van der Waals surface area contributed by atoms with Gasteiger partial charge in [-0.15, -0.1) is 0 Å². The van der Waals surface area contributed by atoms with Gasteiger partial charge in [0.2, 0.25) is 0 Å². The van der Waals surface area contributed by atoms with Gasteiger partial charge in [0.15, 0.2) is 9.84 Å². The third-order valence-electron chi connectivity index (χ3n) is 2.95. The summed E-state index contributed by atoms with van der Waals surface area (Å²) >= 11 is 0. The van der Waals surface area contributed by atoms with Crippen LogP contribution in [0.5, 0.6) is 0 Å². The van der Waals surface area contributed by atoms with E-state index in [1.165, 1.54) is 24.3 Å². The smallest absolute Gasteiger partial charge is 0.179 e. The van der Waals surface area contributed by atoms with Gasteiger partial charge in [0.05, 0.1) is 5.69 Å². The van der Waals surface area contributed by atoms with Gasteiger partial charge < -0.3 is 0 Å². The molecular formula is C15H18N2O2S. The fourth-order valence-corrected chi connectivity index (χ4v) is 2.85. The van der Waals surface area contributed by atoms with Crippen molar-refractivity contribution in [3.63, 3.8) is 0 Å². The van der Waals surface area contributed by atoms with Crippen molar-refractivity contribution in [1.82, 2.24) is 9.97 Å². The molecule has 1 aromatic carbocycles. The first kappa shape index (κ1) is 14.7. The molecule has 0 radical (unpaired) electrons. The molecule has 0 saturated heterocycles. The summed E-state index contributed by atoms with van der Waals surface area (Å²) in [4.78, 5) is 8.08. The van der Waals surface area contributed by atoms with Crippen molar-refractivity contribution in [1.29, 1.82) is 0 Å². The Morgan fingerprint density at radius 2 is 1.80 bits per heavy atom. The van der Waals surface area contributed by atoms with E-state index in [1.54, 1.807) is 0 Å². The molecule has 1 heterocycles. The highest BCUT2D eigenvalue weighted by Gasteiger charge is 2.16. The lowest BCUT2D eigenvalue weighted by Gasteiger charge is -2.08. The van der Waals surface area contributed by atoms with Gasteiger partial charge in [-0.05, 0) is 17.9 Å². The molecule has 0 spiro atoms. The van der Waals surface area contributed by atoms with Crippen LogP contribution in [0.1, 0.15) is 19.4 Å². The lowest BCUT2D eigenvalue weighted by Crippen LogP contribution is -2.02. The zero-order chi connectivity index (χ0) is 14.8. The second kappa shape index (κ2) is 5.71. The van der Waals surface area contributed by atoms with Gasteiger partial charge in [0, 0.05) is 18.0 Å². The predicted molar refractivity (Wildman–Crippen MR) is 79.1 cm³/mol. The maximum Gasteiger partial charge on any atom is 0.179 e. The van der Waals surface area contributed by atoms with Crippen molar-refractivity contribution >= 4 is 9.84 Å². The van der Waals surface area contributed by atoms with Crippen molar-refractivity contribution in [3.05, 3.63) is 42.4 Å². The van der Waals surface area contributed by atoms with Crippen LogP contribution in [0, 0.1) is 5.92 Å². The number of benzene rings is 1. The van der Waals surface area contributed by atoms with E-state index in [1.807, 2.05) is 24.3 Å². The molecule has 2 aromatic rings. The molecule has 0 bridgehead atoms. The lowest BCUT2D eigenvalue weighted by molar-refractivity contribution is 0.601. The van der Waals surface area contributed by atoms with Crippen molar-refractivity contribution in [2.45, 2.75) is 25.2 Å². The largest absolute Gasteiger partial charge is 0.243 e. The maximum atomic E-state index is 11.8. The molecule has 106 valence electrons. The van der Waals surface area contributed by atoms with Gasteiger partial charge in [0.25, 0.3) is 0 Å². The van der Waals surface area contributed by atoms with E-state index < -0.39 is 9.84 Å². The van der Waals surface area contributed by atoms with Gasteiger partial charge in [-0.25, -0.2) is 18.4 Å². The summed E-state index contributed by atoms with van der Waals surface area (Å²) in [6, 6.07) is 7.86. The number of hydrogen-bond acceptors (Lipinski definition) is 4. The van der Waals surface area contributed by atoms with Crippen molar-refractivity contribution in [2.75, 3.05) is 6.26 Å². The monoisotopic (exact) mass is 290 g/mol. The summed E-state index contributed by atoms with van der Waals surface area (Å²) < 4.78 is 23.5. The highest BCUT2D eigenvalue weighted by molar-refractivity contribution is 7.90. The molecule has 5 heteroatoms. The zero-order valence-corrected chi connectivity index (χ0v) is 12.7. The fraction of sp³-hybridized carbons (Fsp3) is 0.333. The van der Waals surface area contributed by atoms with Gasteiger partial charge in [-0.3, -0.25) is 0 Å². The molecule has 0 atom stereocenters. The number of rotatable bonds is 4. The van der Waals surface area contributed by atoms with Crippen LogP contribution in [-0.2, 0) is 16.3 Å². The second-order valence-corrected chi connectivity index (χ2v) is 7.29. The number of hydrogen-bond donors (Lipinski definition) is 0. The Hall–Kier alpha value is -1.75. The number of sulfone groups is 1. The van der Waals surface area contributed by atoms with Crippen molar-refractivity contribution in [3.8, 4) is 11.3 Å². The minimum Gasteiger partial charge on any atom is -0.243 e. The molecule has 0 N–H and O–H groups in total. The molecule has 4 nitrogen and oxygen atoms in total. The van der Waals surface area contributed by atoms with Crippen LogP contribution in [0.3, 0.4) is 0 Å². The molecule has 0 amide bonds. The minimum absolute atomic E-state index is 0.164. The predicted octanol–water partition coefficient (Wildman–Crippen LogP) is 2.75. The van der Waals surface area contributed by atoms with E-state index in [0.29, 0.717) is 11.6 Å². The summed E-state index contributed by atoms with van der Waals surface area (Å²) in [5, 5.41) is 0. The second-order valence-electron chi connectivity index (χ2n) is 5.30. The highest BCUT2D eigenvalue weighted by Crippen LogP contribution is 2.24. The van der Waals surface area contributed by atoms with Crippen LogP contribution >= 0.6 is 0 Å². The van der Waals surface area contributed by atoms with Gasteiger partial charge in [-0.2, -0.15) is 0 Å². The summed E-state index contributed by atoms with van der Waals surface area (Å²) in [7, 11) is -3.34. The highest BCUT2D eigenvalue weighted by atomic mass is 32.2. The average molecular weight is 290 g/mol. The molecular weight excluding hydrogens is 272 g/mol. The normalized spacial score (nSPS) is 11.8. The van der Waals surface area contributed by atoms with Gasteiger partial charge >= 0.3 is 0 Å². The van der Waals surface area contributed by atoms with Crippen LogP contribution in [0.15, 0.2) is 41.7 Å². The Balaban J connectivity index is 2.43. The van der Waals surface area contributed by atoms with Crippen molar-refractivity contribution < 1.29 is 8.42 Å². The van der Waals surface area contributed by atoms with Crippen LogP contribution in [-0.4, -0.2) is 24.6 Å². The summed E-state index contributed by atoms with van der Waals surface area (Å²) in [5.74, 6) is 0.589. The summed E-state index contributed by atoms with van der Waals surface area (Å²) in [5.41, 5.74) is 2.48. The Morgan fingerprint density at radius 3 is 2.35 bits per heavy atom. The molecule has 2 rings (SSSR count). The molecule has 20 heavy (non-hydrogen) atoms. The standard InChI is InChI=1S/C15H18N2O2S/c1-11(2)8-12-4-6-13(7-5-12)15-14(20(3,18)19)9-16-10-17-15/h4-7,9-11H,8H2,1-3H3. The van der Waals surface area contributed by atoms with Crippen LogP contribution in [0.4, 0.5) is 0 Å². The number of nitrogens with zero attached hydrogens (tertiary/aromatic N) is 2. The molecule has 1 aromatic heterocycles. The van der Waals surface area contributed by atoms with E-state index in [2.05, 4.69) is 23.8 Å².